The maximum absolute atomic E-state index is 9.67. The number of rotatable bonds is 8. The van der Waals surface area contributed by atoms with Gasteiger partial charge in [-0.2, -0.15) is 0 Å². The van der Waals surface area contributed by atoms with E-state index in [9.17, 15) is 5.11 Å². The van der Waals surface area contributed by atoms with Gasteiger partial charge in [-0.15, -0.1) is 0 Å². The van der Waals surface area contributed by atoms with E-state index in [4.69, 9.17) is 24.5 Å². The summed E-state index contributed by atoms with van der Waals surface area (Å²) in [6.07, 6.45) is 6.42. The van der Waals surface area contributed by atoms with E-state index in [-0.39, 0.29) is 19.6 Å². The molecule has 182 valence electrons. The van der Waals surface area contributed by atoms with E-state index in [2.05, 4.69) is 50.0 Å². The van der Waals surface area contributed by atoms with Gasteiger partial charge in [0.15, 0.2) is 0 Å². The Labute approximate surface area is 191 Å². The molecule has 0 radical (unpaired) electrons. The van der Waals surface area contributed by atoms with E-state index >= 15 is 0 Å². The molecule has 0 saturated heterocycles. The quantitative estimate of drug-likeness (QED) is 0.517. The zero-order valence-corrected chi connectivity index (χ0v) is 19.8. The van der Waals surface area contributed by atoms with Crippen LogP contribution in [-0.4, -0.2) is 77.9 Å². The molecule has 2 aliphatic rings. The standard InChI is InChI=1S/C22H36N2O2.2CH2O2/c1-5-8-26-22-7-6-16(9-19(22)15-25)14-24(4)21-12-17-10-20(23(2)3)11-18(17)13-21;2*2-1-3/h6-7,9,17-18,20-21,25H,5,8,10-15H2,1-4H3;2*1H,(H,2,3)/t17-,18+,20?,21?;;. The molecule has 2 aliphatic carbocycles. The van der Waals surface area contributed by atoms with E-state index in [1.165, 1.54) is 31.2 Å². The molecule has 3 N–H and O–H groups in total. The molecular formula is C24H40N2O6. The Hall–Kier alpha value is -2.16. The second-order valence-corrected chi connectivity index (χ2v) is 8.81. The normalized spacial score (nSPS) is 23.6. The van der Waals surface area contributed by atoms with Gasteiger partial charge in [0, 0.05) is 24.2 Å². The minimum atomic E-state index is -0.250. The molecule has 4 atom stereocenters. The number of fused-ring (bicyclic) bond motifs is 1. The summed E-state index contributed by atoms with van der Waals surface area (Å²) in [7, 11) is 6.71. The zero-order chi connectivity index (χ0) is 24.1. The first kappa shape index (κ1) is 27.9. The van der Waals surface area contributed by atoms with Gasteiger partial charge in [0.25, 0.3) is 12.9 Å². The fraction of sp³-hybridized carbons (Fsp3) is 0.667. The van der Waals surface area contributed by atoms with E-state index < -0.39 is 0 Å². The highest BCUT2D eigenvalue weighted by Gasteiger charge is 2.43. The number of aliphatic hydroxyl groups is 1. The Morgan fingerprint density at radius 2 is 1.53 bits per heavy atom. The maximum atomic E-state index is 9.67. The summed E-state index contributed by atoms with van der Waals surface area (Å²) in [4.78, 5) is 21.7. The molecule has 0 spiro atoms. The third kappa shape index (κ3) is 8.41. The molecule has 3 rings (SSSR count). The second-order valence-electron chi connectivity index (χ2n) is 8.81. The van der Waals surface area contributed by atoms with Crippen LogP contribution >= 0.6 is 0 Å². The van der Waals surface area contributed by atoms with Crippen LogP contribution in [0.4, 0.5) is 0 Å². The van der Waals surface area contributed by atoms with Crippen molar-refractivity contribution < 1.29 is 29.6 Å². The number of carboxylic acid groups (broad SMARTS) is 2. The molecule has 8 nitrogen and oxygen atoms in total. The van der Waals surface area contributed by atoms with Gasteiger partial charge >= 0.3 is 0 Å². The molecule has 0 heterocycles. The Morgan fingerprint density at radius 3 is 2.00 bits per heavy atom. The van der Waals surface area contributed by atoms with Crippen LogP contribution in [0.25, 0.3) is 0 Å². The average Bonchev–Trinajstić information content (AvgIpc) is 3.33. The van der Waals surface area contributed by atoms with Crippen LogP contribution < -0.4 is 4.74 Å². The predicted molar refractivity (Wildman–Crippen MR) is 124 cm³/mol. The van der Waals surface area contributed by atoms with Gasteiger partial charge in [0.2, 0.25) is 0 Å². The molecule has 1 aromatic rings. The van der Waals surface area contributed by atoms with E-state index in [1.807, 2.05) is 6.07 Å². The molecule has 2 saturated carbocycles. The lowest BCUT2D eigenvalue weighted by Crippen LogP contribution is -2.31. The van der Waals surface area contributed by atoms with Crippen molar-refractivity contribution in [1.29, 1.82) is 0 Å². The number of hydrogen-bond donors (Lipinski definition) is 3. The fourth-order valence-electron chi connectivity index (χ4n) is 4.96. The van der Waals surface area contributed by atoms with Crippen LogP contribution in [0, 0.1) is 11.8 Å². The SMILES string of the molecule is CCCOc1ccc(CN(C)C2C[C@H]3CC(N(C)C)C[C@H]3C2)cc1CO.O=CO.O=CO. The Kier molecular flexibility index (Phi) is 12.9. The summed E-state index contributed by atoms with van der Waals surface area (Å²) in [6.45, 7) is 3.28. The highest BCUT2D eigenvalue weighted by Crippen LogP contribution is 2.46. The lowest BCUT2D eigenvalue weighted by Gasteiger charge is -2.27. The van der Waals surface area contributed by atoms with Crippen molar-refractivity contribution in [2.45, 2.75) is 64.3 Å². The summed E-state index contributed by atoms with van der Waals surface area (Å²) < 4.78 is 5.74. The highest BCUT2D eigenvalue weighted by atomic mass is 16.5. The van der Waals surface area contributed by atoms with Crippen molar-refractivity contribution in [3.63, 3.8) is 0 Å². The number of aliphatic hydroxyl groups excluding tert-OH is 1. The maximum Gasteiger partial charge on any atom is 0.290 e. The van der Waals surface area contributed by atoms with Crippen molar-refractivity contribution in [3.05, 3.63) is 29.3 Å². The predicted octanol–water partition coefficient (Wildman–Crippen LogP) is 2.92. The molecule has 0 amide bonds. The first-order chi connectivity index (χ1) is 15.3. The largest absolute Gasteiger partial charge is 0.493 e. The van der Waals surface area contributed by atoms with Crippen LogP contribution in [0.15, 0.2) is 18.2 Å². The van der Waals surface area contributed by atoms with Gasteiger partial charge in [-0.05, 0) is 82.8 Å². The summed E-state index contributed by atoms with van der Waals surface area (Å²) in [5.74, 6) is 2.64. The van der Waals surface area contributed by atoms with Gasteiger partial charge in [0.05, 0.1) is 13.2 Å². The van der Waals surface area contributed by atoms with Crippen LogP contribution in [0.5, 0.6) is 5.75 Å². The number of carbonyl (C=O) groups is 2. The molecule has 0 aliphatic heterocycles. The molecular weight excluding hydrogens is 412 g/mol. The Balaban J connectivity index is 0.000000769. The summed E-state index contributed by atoms with van der Waals surface area (Å²) in [5, 5.41) is 23.4. The molecule has 2 unspecified atom stereocenters. The number of nitrogens with zero attached hydrogens (tertiary/aromatic N) is 2. The minimum Gasteiger partial charge on any atom is -0.493 e. The van der Waals surface area contributed by atoms with Gasteiger partial charge in [-0.25, -0.2) is 0 Å². The van der Waals surface area contributed by atoms with Crippen molar-refractivity contribution in [3.8, 4) is 5.75 Å². The fourth-order valence-corrected chi connectivity index (χ4v) is 4.96. The lowest BCUT2D eigenvalue weighted by atomic mass is 10.0. The number of benzene rings is 1. The summed E-state index contributed by atoms with van der Waals surface area (Å²) >= 11 is 0. The van der Waals surface area contributed by atoms with Crippen LogP contribution in [0.2, 0.25) is 0 Å². The number of ether oxygens (including phenoxy) is 1. The third-order valence-corrected chi connectivity index (χ3v) is 6.51. The van der Waals surface area contributed by atoms with Crippen molar-refractivity contribution in [2.75, 3.05) is 27.7 Å². The molecule has 0 bridgehead atoms. The smallest absolute Gasteiger partial charge is 0.290 e. The third-order valence-electron chi connectivity index (χ3n) is 6.51. The van der Waals surface area contributed by atoms with Crippen molar-refractivity contribution in [2.24, 2.45) is 11.8 Å². The van der Waals surface area contributed by atoms with Gasteiger partial charge in [0.1, 0.15) is 5.75 Å². The Morgan fingerprint density at radius 1 is 1.00 bits per heavy atom. The zero-order valence-electron chi connectivity index (χ0n) is 19.8. The van der Waals surface area contributed by atoms with E-state index in [1.54, 1.807) is 0 Å². The molecule has 1 aromatic carbocycles. The summed E-state index contributed by atoms with van der Waals surface area (Å²) in [6, 6.07) is 7.77. The van der Waals surface area contributed by atoms with Crippen molar-refractivity contribution >= 4 is 12.9 Å². The van der Waals surface area contributed by atoms with Crippen LogP contribution in [0.1, 0.15) is 50.2 Å². The summed E-state index contributed by atoms with van der Waals surface area (Å²) in [5.41, 5.74) is 2.17. The molecule has 0 aromatic heterocycles. The van der Waals surface area contributed by atoms with Gasteiger partial charge in [-0.1, -0.05) is 13.0 Å². The molecule has 2 fully saturated rings. The lowest BCUT2D eigenvalue weighted by molar-refractivity contribution is -0.123. The second kappa shape index (κ2) is 14.8. The highest BCUT2D eigenvalue weighted by molar-refractivity contribution is 5.37. The van der Waals surface area contributed by atoms with Gasteiger partial charge < -0.3 is 25.0 Å². The van der Waals surface area contributed by atoms with Crippen LogP contribution in [0.3, 0.4) is 0 Å². The minimum absolute atomic E-state index is 0.0378. The molecule has 32 heavy (non-hydrogen) atoms. The first-order valence-electron chi connectivity index (χ1n) is 11.2. The van der Waals surface area contributed by atoms with Gasteiger partial charge in [-0.3, -0.25) is 14.5 Å². The first-order valence-corrected chi connectivity index (χ1v) is 11.2. The van der Waals surface area contributed by atoms with Crippen LogP contribution in [-0.2, 0) is 22.7 Å². The Bertz CT molecular complexity index is 664. The average molecular weight is 453 g/mol. The number of hydrogen-bond acceptors (Lipinski definition) is 6. The van der Waals surface area contributed by atoms with E-state index in [0.29, 0.717) is 12.6 Å². The monoisotopic (exact) mass is 452 g/mol. The van der Waals surface area contributed by atoms with E-state index in [0.717, 1.165) is 42.2 Å². The topological polar surface area (TPSA) is 111 Å². The van der Waals surface area contributed by atoms with Crippen molar-refractivity contribution in [1.82, 2.24) is 9.80 Å². The molecule has 8 heteroatoms.